The van der Waals surface area contributed by atoms with Crippen molar-refractivity contribution in [2.45, 2.75) is 39.4 Å². The summed E-state index contributed by atoms with van der Waals surface area (Å²) in [5, 5.41) is 9.06. The molecule has 1 heterocycles. The van der Waals surface area contributed by atoms with Gasteiger partial charge in [0, 0.05) is 18.6 Å². The number of ether oxygens (including phenoxy) is 2. The van der Waals surface area contributed by atoms with Crippen LogP contribution in [-0.2, 0) is 15.3 Å². The van der Waals surface area contributed by atoms with Gasteiger partial charge in [0.05, 0.1) is 13.2 Å². The molecule has 1 aliphatic rings. The second-order valence-corrected chi connectivity index (χ2v) is 5.05. The van der Waals surface area contributed by atoms with Gasteiger partial charge in [-0.05, 0) is 38.3 Å². The minimum Gasteiger partial charge on any atom is -0.396 e. The van der Waals surface area contributed by atoms with Crippen LogP contribution in [0.2, 0.25) is 0 Å². The van der Waals surface area contributed by atoms with Gasteiger partial charge in [-0.25, -0.2) is 0 Å². The highest BCUT2D eigenvalue weighted by molar-refractivity contribution is 5.40. The monoisotopic (exact) mass is 250 g/mol. The summed E-state index contributed by atoms with van der Waals surface area (Å²) in [6.07, 6.45) is 1.39. The molecule has 0 atom stereocenters. The van der Waals surface area contributed by atoms with Crippen molar-refractivity contribution >= 4 is 0 Å². The van der Waals surface area contributed by atoms with E-state index in [1.54, 1.807) is 0 Å². The molecule has 3 heteroatoms. The van der Waals surface area contributed by atoms with Crippen LogP contribution >= 0.6 is 0 Å². The third kappa shape index (κ3) is 2.44. The molecule has 0 saturated carbocycles. The highest BCUT2D eigenvalue weighted by atomic mass is 16.7. The standard InChI is InChI=1S/C15H22O3/c1-11-9-12(2)14(13(3)10-11)15(5-4-6-16)17-7-8-18-15/h9-10,16H,4-8H2,1-3H3. The molecule has 0 unspecified atom stereocenters. The first-order valence-corrected chi connectivity index (χ1v) is 6.56. The van der Waals surface area contributed by atoms with Crippen molar-refractivity contribution in [1.29, 1.82) is 0 Å². The maximum atomic E-state index is 9.06. The third-order valence-electron chi connectivity index (χ3n) is 3.48. The minimum atomic E-state index is -0.648. The maximum absolute atomic E-state index is 9.06. The summed E-state index contributed by atoms with van der Waals surface area (Å²) < 4.78 is 11.8. The van der Waals surface area contributed by atoms with Crippen LogP contribution in [0.25, 0.3) is 0 Å². The molecule has 1 N–H and O–H groups in total. The smallest absolute Gasteiger partial charge is 0.195 e. The zero-order valence-electron chi connectivity index (χ0n) is 11.5. The Hall–Kier alpha value is -0.900. The maximum Gasteiger partial charge on any atom is 0.195 e. The summed E-state index contributed by atoms with van der Waals surface area (Å²) in [5.74, 6) is -0.648. The average Bonchev–Trinajstić information content (AvgIpc) is 2.74. The quantitative estimate of drug-likeness (QED) is 0.892. The van der Waals surface area contributed by atoms with Gasteiger partial charge in [0.15, 0.2) is 5.79 Å². The molecule has 100 valence electrons. The molecule has 0 spiro atoms. The van der Waals surface area contributed by atoms with Crippen molar-refractivity contribution in [3.05, 3.63) is 34.4 Å². The topological polar surface area (TPSA) is 38.7 Å². The highest BCUT2D eigenvalue weighted by Crippen LogP contribution is 2.39. The third-order valence-corrected chi connectivity index (χ3v) is 3.48. The van der Waals surface area contributed by atoms with Gasteiger partial charge in [-0.2, -0.15) is 0 Å². The molecule has 0 aromatic heterocycles. The van der Waals surface area contributed by atoms with E-state index in [9.17, 15) is 0 Å². The van der Waals surface area contributed by atoms with Crippen LogP contribution in [0.15, 0.2) is 12.1 Å². The summed E-state index contributed by atoms with van der Waals surface area (Å²) >= 11 is 0. The van der Waals surface area contributed by atoms with Gasteiger partial charge < -0.3 is 14.6 Å². The molecule has 0 bridgehead atoms. The van der Waals surface area contributed by atoms with Crippen LogP contribution in [0, 0.1) is 20.8 Å². The molecule has 1 aromatic carbocycles. The fourth-order valence-electron chi connectivity index (χ4n) is 2.96. The number of hydrogen-bond donors (Lipinski definition) is 1. The first-order chi connectivity index (χ1) is 8.59. The predicted molar refractivity (Wildman–Crippen MR) is 70.6 cm³/mol. The van der Waals surface area contributed by atoms with Gasteiger partial charge in [0.2, 0.25) is 0 Å². The van der Waals surface area contributed by atoms with Crippen molar-refractivity contribution in [1.82, 2.24) is 0 Å². The Balaban J connectivity index is 2.42. The van der Waals surface area contributed by atoms with E-state index in [0.717, 1.165) is 5.56 Å². The highest BCUT2D eigenvalue weighted by Gasteiger charge is 2.40. The Kier molecular flexibility index (Phi) is 4.05. The van der Waals surface area contributed by atoms with Crippen LogP contribution in [0.5, 0.6) is 0 Å². The summed E-state index contributed by atoms with van der Waals surface area (Å²) in [7, 11) is 0. The lowest BCUT2D eigenvalue weighted by Crippen LogP contribution is -2.29. The average molecular weight is 250 g/mol. The molecule has 3 nitrogen and oxygen atoms in total. The summed E-state index contributed by atoms with van der Waals surface area (Å²) in [6, 6.07) is 4.32. The summed E-state index contributed by atoms with van der Waals surface area (Å²) in [6.45, 7) is 7.71. The van der Waals surface area contributed by atoms with Crippen molar-refractivity contribution < 1.29 is 14.6 Å². The molecule has 1 fully saturated rings. The zero-order chi connectivity index (χ0) is 13.2. The lowest BCUT2D eigenvalue weighted by Gasteiger charge is -2.31. The van der Waals surface area contributed by atoms with Crippen molar-refractivity contribution in [2.24, 2.45) is 0 Å². The molecule has 0 amide bonds. The van der Waals surface area contributed by atoms with Crippen molar-refractivity contribution in [3.63, 3.8) is 0 Å². The van der Waals surface area contributed by atoms with Gasteiger partial charge in [-0.1, -0.05) is 17.7 Å². The van der Waals surface area contributed by atoms with Crippen LogP contribution in [0.3, 0.4) is 0 Å². The minimum absolute atomic E-state index is 0.165. The van der Waals surface area contributed by atoms with Crippen LogP contribution in [-0.4, -0.2) is 24.9 Å². The lowest BCUT2D eigenvalue weighted by molar-refractivity contribution is -0.173. The molecular formula is C15H22O3. The second-order valence-electron chi connectivity index (χ2n) is 5.05. The Morgan fingerprint density at radius 1 is 1.11 bits per heavy atom. The molecule has 0 aliphatic carbocycles. The van der Waals surface area contributed by atoms with Gasteiger partial charge in [0.25, 0.3) is 0 Å². The molecule has 1 aromatic rings. The van der Waals surface area contributed by atoms with E-state index >= 15 is 0 Å². The zero-order valence-corrected chi connectivity index (χ0v) is 11.5. The number of rotatable bonds is 4. The Labute approximate surface area is 109 Å². The number of aryl methyl sites for hydroxylation is 3. The van der Waals surface area contributed by atoms with Crippen LogP contribution < -0.4 is 0 Å². The summed E-state index contributed by atoms with van der Waals surface area (Å²) in [5.41, 5.74) is 4.79. The lowest BCUT2D eigenvalue weighted by atomic mass is 9.90. The van der Waals surface area contributed by atoms with E-state index in [0.29, 0.717) is 26.1 Å². The molecule has 1 aliphatic heterocycles. The second kappa shape index (κ2) is 5.39. The number of aliphatic hydroxyl groups excluding tert-OH is 1. The van der Waals surface area contributed by atoms with Crippen molar-refractivity contribution in [3.8, 4) is 0 Å². The first kappa shape index (κ1) is 13.5. The van der Waals surface area contributed by atoms with E-state index in [2.05, 4.69) is 32.9 Å². The van der Waals surface area contributed by atoms with Crippen molar-refractivity contribution in [2.75, 3.05) is 19.8 Å². The number of benzene rings is 1. The van der Waals surface area contributed by atoms with Crippen LogP contribution in [0.1, 0.15) is 35.1 Å². The van der Waals surface area contributed by atoms with E-state index in [-0.39, 0.29) is 6.61 Å². The Morgan fingerprint density at radius 3 is 2.17 bits per heavy atom. The molecule has 18 heavy (non-hydrogen) atoms. The number of hydrogen-bond acceptors (Lipinski definition) is 3. The predicted octanol–water partition coefficient (Wildman–Crippen LogP) is 2.58. The first-order valence-electron chi connectivity index (χ1n) is 6.56. The van der Waals surface area contributed by atoms with Gasteiger partial charge in [-0.15, -0.1) is 0 Å². The van der Waals surface area contributed by atoms with Gasteiger partial charge >= 0.3 is 0 Å². The van der Waals surface area contributed by atoms with E-state index in [1.807, 2.05) is 0 Å². The Bertz CT molecular complexity index is 397. The molecule has 0 radical (unpaired) electrons. The largest absolute Gasteiger partial charge is 0.396 e. The Morgan fingerprint density at radius 2 is 1.67 bits per heavy atom. The summed E-state index contributed by atoms with van der Waals surface area (Å²) in [4.78, 5) is 0. The van der Waals surface area contributed by atoms with E-state index in [4.69, 9.17) is 14.6 Å². The fourth-order valence-corrected chi connectivity index (χ4v) is 2.96. The SMILES string of the molecule is Cc1cc(C)c(C2(CCCO)OCCO2)c(C)c1. The number of aliphatic hydroxyl groups is 1. The van der Waals surface area contributed by atoms with Gasteiger partial charge in [0.1, 0.15) is 0 Å². The van der Waals surface area contributed by atoms with E-state index in [1.165, 1.54) is 16.7 Å². The van der Waals surface area contributed by atoms with E-state index < -0.39 is 5.79 Å². The molecule has 1 saturated heterocycles. The fraction of sp³-hybridized carbons (Fsp3) is 0.600. The van der Waals surface area contributed by atoms with Gasteiger partial charge in [-0.3, -0.25) is 0 Å². The molecular weight excluding hydrogens is 228 g/mol. The molecule has 2 rings (SSSR count). The van der Waals surface area contributed by atoms with Crippen LogP contribution in [0.4, 0.5) is 0 Å². The normalized spacial score (nSPS) is 18.2.